The third-order valence-electron chi connectivity index (χ3n) is 5.30. The zero-order valence-corrected chi connectivity index (χ0v) is 19.1. The standard InChI is InChI=1S/C23H29NO9/c1-5-17(6-2)32-20(27)10-9-19(26)30-13-18-14(3)21(31-15(4)25)22(33-18)24-11-7-8-16(12-24)23(28)29/h7-12,14,17-18,21-22H,5-6,13H2,1-4H3/p+1/b10-9+/t14-,18-,21?,22-/m1/s1. The summed E-state index contributed by atoms with van der Waals surface area (Å²) in [7, 11) is 0. The van der Waals surface area contributed by atoms with Crippen LogP contribution in [-0.2, 0) is 33.3 Å². The predicted octanol–water partition coefficient (Wildman–Crippen LogP) is 1.97. The average Bonchev–Trinajstić information content (AvgIpc) is 3.09. The number of hydrogen-bond acceptors (Lipinski definition) is 8. The third kappa shape index (κ3) is 7.38. The molecule has 2 heterocycles. The molecule has 0 amide bonds. The van der Waals surface area contributed by atoms with Crippen molar-refractivity contribution < 1.29 is 47.8 Å². The molecule has 0 aliphatic carbocycles. The van der Waals surface area contributed by atoms with Crippen LogP contribution in [0.15, 0.2) is 36.7 Å². The van der Waals surface area contributed by atoms with Gasteiger partial charge in [-0.25, -0.2) is 14.4 Å². The van der Waals surface area contributed by atoms with Gasteiger partial charge in [0.25, 0.3) is 0 Å². The van der Waals surface area contributed by atoms with Gasteiger partial charge < -0.3 is 24.1 Å². The zero-order chi connectivity index (χ0) is 24.5. The molecule has 4 atom stereocenters. The minimum Gasteiger partial charge on any atom is -0.477 e. The van der Waals surface area contributed by atoms with Crippen LogP contribution in [0, 0.1) is 5.92 Å². The molecule has 1 aliphatic heterocycles. The number of ether oxygens (including phenoxy) is 4. The number of carbonyl (C=O) groups excluding carboxylic acids is 3. The maximum absolute atomic E-state index is 12.0. The molecule has 0 aromatic carbocycles. The van der Waals surface area contributed by atoms with Crippen molar-refractivity contribution in [3.05, 3.63) is 42.2 Å². The first-order chi connectivity index (χ1) is 15.7. The molecular formula is C23H30NO9+. The lowest BCUT2D eigenvalue weighted by atomic mass is 10.0. The first-order valence-electron chi connectivity index (χ1n) is 10.8. The van der Waals surface area contributed by atoms with Crippen LogP contribution in [0.25, 0.3) is 0 Å². The van der Waals surface area contributed by atoms with Crippen LogP contribution in [0.4, 0.5) is 0 Å². The molecule has 2 rings (SSSR count). The van der Waals surface area contributed by atoms with Crippen LogP contribution in [-0.4, -0.2) is 53.9 Å². The van der Waals surface area contributed by atoms with E-state index in [-0.39, 0.29) is 24.2 Å². The van der Waals surface area contributed by atoms with Crippen molar-refractivity contribution in [1.29, 1.82) is 0 Å². The van der Waals surface area contributed by atoms with Crippen molar-refractivity contribution in [3.8, 4) is 0 Å². The van der Waals surface area contributed by atoms with Gasteiger partial charge in [0.05, 0.1) is 0 Å². The summed E-state index contributed by atoms with van der Waals surface area (Å²) in [5.41, 5.74) is 0.0376. The predicted molar refractivity (Wildman–Crippen MR) is 113 cm³/mol. The van der Waals surface area contributed by atoms with Gasteiger partial charge >= 0.3 is 30.1 Å². The lowest BCUT2D eigenvalue weighted by Gasteiger charge is -2.17. The Morgan fingerprint density at radius 3 is 2.45 bits per heavy atom. The molecule has 0 radical (unpaired) electrons. The summed E-state index contributed by atoms with van der Waals surface area (Å²) in [4.78, 5) is 46.7. The van der Waals surface area contributed by atoms with E-state index in [4.69, 9.17) is 18.9 Å². The number of carbonyl (C=O) groups is 4. The second-order valence-electron chi connectivity index (χ2n) is 7.68. The first-order valence-corrected chi connectivity index (χ1v) is 10.8. The maximum Gasteiger partial charge on any atom is 0.341 e. The van der Waals surface area contributed by atoms with Gasteiger partial charge in [0.15, 0.2) is 18.5 Å². The van der Waals surface area contributed by atoms with Gasteiger partial charge in [-0.15, -0.1) is 0 Å². The molecule has 33 heavy (non-hydrogen) atoms. The maximum atomic E-state index is 12.0. The highest BCUT2D eigenvalue weighted by atomic mass is 16.6. The van der Waals surface area contributed by atoms with Crippen LogP contribution >= 0.6 is 0 Å². The highest BCUT2D eigenvalue weighted by Crippen LogP contribution is 2.33. The van der Waals surface area contributed by atoms with Crippen molar-refractivity contribution in [2.24, 2.45) is 5.92 Å². The molecule has 1 aliphatic rings. The molecule has 1 fully saturated rings. The SMILES string of the molecule is CCC(CC)OC(=O)/C=C/C(=O)OC[C@H]1O[C@@H]([n+]2cccc(C(=O)O)c2)C(OC(C)=O)[C@@H]1C. The van der Waals surface area contributed by atoms with Crippen LogP contribution in [0.5, 0.6) is 0 Å². The summed E-state index contributed by atoms with van der Waals surface area (Å²) >= 11 is 0. The van der Waals surface area contributed by atoms with Crippen molar-refractivity contribution in [2.75, 3.05) is 6.61 Å². The second kappa shape index (κ2) is 12.1. The molecule has 0 saturated carbocycles. The van der Waals surface area contributed by atoms with Crippen LogP contribution < -0.4 is 4.57 Å². The molecule has 1 aromatic rings. The fourth-order valence-corrected chi connectivity index (χ4v) is 3.42. The highest BCUT2D eigenvalue weighted by molar-refractivity contribution is 5.91. The molecule has 0 spiro atoms. The van der Waals surface area contributed by atoms with E-state index in [2.05, 4.69) is 0 Å². The van der Waals surface area contributed by atoms with Gasteiger partial charge in [-0.1, -0.05) is 20.8 Å². The normalized spacial score (nSPS) is 22.3. The Hall–Kier alpha value is -3.27. The van der Waals surface area contributed by atoms with Crippen molar-refractivity contribution in [3.63, 3.8) is 0 Å². The fourth-order valence-electron chi connectivity index (χ4n) is 3.42. The van der Waals surface area contributed by atoms with E-state index in [9.17, 15) is 24.3 Å². The van der Waals surface area contributed by atoms with E-state index in [0.717, 1.165) is 12.2 Å². The molecule has 180 valence electrons. The monoisotopic (exact) mass is 464 g/mol. The largest absolute Gasteiger partial charge is 0.477 e. The number of hydrogen-bond donors (Lipinski definition) is 1. The smallest absolute Gasteiger partial charge is 0.341 e. The molecule has 0 bridgehead atoms. The minimum absolute atomic E-state index is 0.0376. The number of carboxylic acids is 1. The fraction of sp³-hybridized carbons (Fsp3) is 0.522. The minimum atomic E-state index is -1.11. The van der Waals surface area contributed by atoms with Crippen LogP contribution in [0.3, 0.4) is 0 Å². The molecule has 1 aromatic heterocycles. The lowest BCUT2D eigenvalue weighted by molar-refractivity contribution is -0.765. The summed E-state index contributed by atoms with van der Waals surface area (Å²) in [6.07, 6.45) is 3.94. The number of esters is 3. The summed E-state index contributed by atoms with van der Waals surface area (Å²) < 4.78 is 23.3. The molecule has 1 saturated heterocycles. The number of nitrogens with zero attached hydrogens (tertiary/aromatic N) is 1. The third-order valence-corrected chi connectivity index (χ3v) is 5.30. The van der Waals surface area contributed by atoms with Crippen LogP contribution in [0.2, 0.25) is 0 Å². The van der Waals surface area contributed by atoms with E-state index >= 15 is 0 Å². The van der Waals surface area contributed by atoms with Gasteiger partial charge in [-0.2, -0.15) is 4.57 Å². The van der Waals surface area contributed by atoms with Gasteiger partial charge in [-0.3, -0.25) is 4.79 Å². The summed E-state index contributed by atoms with van der Waals surface area (Å²) in [5, 5.41) is 9.24. The van der Waals surface area contributed by atoms with Gasteiger partial charge in [-0.05, 0) is 18.9 Å². The first kappa shape index (κ1) is 26.0. The van der Waals surface area contributed by atoms with Crippen molar-refractivity contribution in [2.45, 2.75) is 65.1 Å². The van der Waals surface area contributed by atoms with Gasteiger partial charge in [0, 0.05) is 31.1 Å². The Morgan fingerprint density at radius 2 is 1.85 bits per heavy atom. The highest BCUT2D eigenvalue weighted by Gasteiger charge is 2.50. The quantitative estimate of drug-likeness (QED) is 0.239. The Bertz CT molecular complexity index is 894. The van der Waals surface area contributed by atoms with Gasteiger partial charge in [0.2, 0.25) is 0 Å². The molecule has 1 N–H and O–H groups in total. The lowest BCUT2D eigenvalue weighted by Crippen LogP contribution is -2.46. The number of carboxylic acid groups (broad SMARTS) is 1. The molecular weight excluding hydrogens is 434 g/mol. The van der Waals surface area contributed by atoms with E-state index in [1.807, 2.05) is 13.8 Å². The van der Waals surface area contributed by atoms with Gasteiger partial charge in [0.1, 0.15) is 24.4 Å². The number of aromatic nitrogens is 1. The Balaban J connectivity index is 2.04. The van der Waals surface area contributed by atoms with E-state index in [0.29, 0.717) is 12.8 Å². The Labute approximate surface area is 192 Å². The molecule has 10 nitrogen and oxygen atoms in total. The average molecular weight is 464 g/mol. The summed E-state index contributed by atoms with van der Waals surface area (Å²) in [6, 6.07) is 2.97. The number of pyridine rings is 1. The van der Waals surface area contributed by atoms with E-state index < -0.39 is 42.3 Å². The summed E-state index contributed by atoms with van der Waals surface area (Å²) in [5.74, 6) is -3.38. The second-order valence-corrected chi connectivity index (χ2v) is 7.68. The molecule has 1 unspecified atom stereocenters. The number of aromatic carboxylic acids is 1. The molecule has 10 heteroatoms. The summed E-state index contributed by atoms with van der Waals surface area (Å²) in [6.45, 7) is 6.68. The van der Waals surface area contributed by atoms with E-state index in [1.165, 1.54) is 23.8 Å². The Morgan fingerprint density at radius 1 is 1.18 bits per heavy atom. The zero-order valence-electron chi connectivity index (χ0n) is 19.1. The number of rotatable bonds is 10. The Kier molecular flexibility index (Phi) is 9.53. The topological polar surface area (TPSA) is 129 Å². The van der Waals surface area contributed by atoms with Crippen molar-refractivity contribution >= 4 is 23.9 Å². The van der Waals surface area contributed by atoms with Crippen molar-refractivity contribution in [1.82, 2.24) is 0 Å². The van der Waals surface area contributed by atoms with E-state index in [1.54, 1.807) is 19.2 Å². The van der Waals surface area contributed by atoms with Crippen LogP contribution in [0.1, 0.15) is 57.1 Å².